The van der Waals surface area contributed by atoms with E-state index in [2.05, 4.69) is 20.9 Å². The molecule has 5 heteroatoms. The van der Waals surface area contributed by atoms with E-state index in [-0.39, 0.29) is 17.9 Å². The number of nitriles is 1. The maximum absolute atomic E-state index is 13.5. The van der Waals surface area contributed by atoms with Crippen molar-refractivity contribution in [1.82, 2.24) is 4.98 Å². The van der Waals surface area contributed by atoms with Gasteiger partial charge in [-0.15, -0.1) is 0 Å². The summed E-state index contributed by atoms with van der Waals surface area (Å²) in [6, 6.07) is 11.4. The highest BCUT2D eigenvalue weighted by Crippen LogP contribution is 2.19. The molecule has 0 saturated heterocycles. The van der Waals surface area contributed by atoms with Crippen LogP contribution >= 0.6 is 15.9 Å². The van der Waals surface area contributed by atoms with E-state index in [1.807, 2.05) is 12.1 Å². The van der Waals surface area contributed by atoms with Crippen molar-refractivity contribution in [3.63, 3.8) is 0 Å². The first-order valence-corrected chi connectivity index (χ1v) is 5.92. The molecule has 0 fully saturated rings. The fraction of sp³-hybridized carbons (Fsp3) is 0.0769. The van der Waals surface area contributed by atoms with Crippen LogP contribution < -0.4 is 4.74 Å². The summed E-state index contributed by atoms with van der Waals surface area (Å²) in [6.45, 7) is 0.169. The Morgan fingerprint density at radius 2 is 2.17 bits per heavy atom. The van der Waals surface area contributed by atoms with Crippen LogP contribution in [0, 0.1) is 17.1 Å². The summed E-state index contributed by atoms with van der Waals surface area (Å²) >= 11 is 3.24. The van der Waals surface area contributed by atoms with E-state index in [0.717, 1.165) is 6.07 Å². The largest absolute Gasteiger partial charge is 0.484 e. The number of rotatable bonds is 3. The van der Waals surface area contributed by atoms with Crippen LogP contribution in [0.15, 0.2) is 41.0 Å². The van der Waals surface area contributed by atoms with Crippen LogP contribution in [-0.2, 0) is 6.61 Å². The molecule has 0 saturated carbocycles. The number of pyridine rings is 1. The van der Waals surface area contributed by atoms with Crippen LogP contribution in [0.1, 0.15) is 11.3 Å². The van der Waals surface area contributed by atoms with Crippen LogP contribution in [0.4, 0.5) is 4.39 Å². The van der Waals surface area contributed by atoms with Crippen LogP contribution in [-0.4, -0.2) is 4.98 Å². The molecule has 0 radical (unpaired) electrons. The van der Waals surface area contributed by atoms with Crippen molar-refractivity contribution in [2.45, 2.75) is 6.61 Å². The molecule has 2 aromatic rings. The van der Waals surface area contributed by atoms with Crippen molar-refractivity contribution >= 4 is 15.9 Å². The van der Waals surface area contributed by atoms with E-state index in [0.29, 0.717) is 10.3 Å². The highest BCUT2D eigenvalue weighted by atomic mass is 79.9. The summed E-state index contributed by atoms with van der Waals surface area (Å²) in [5.74, 6) is -0.445. The number of halogens is 2. The van der Waals surface area contributed by atoms with Crippen LogP contribution in [0.5, 0.6) is 5.75 Å². The Morgan fingerprint density at radius 3 is 2.83 bits per heavy atom. The quantitative estimate of drug-likeness (QED) is 0.816. The van der Waals surface area contributed by atoms with Gasteiger partial charge in [0.15, 0.2) is 11.6 Å². The van der Waals surface area contributed by atoms with Gasteiger partial charge >= 0.3 is 0 Å². The van der Waals surface area contributed by atoms with Crippen LogP contribution in [0.3, 0.4) is 0 Å². The first-order chi connectivity index (χ1) is 8.69. The molecule has 0 unspecified atom stereocenters. The molecule has 1 aromatic carbocycles. The lowest BCUT2D eigenvalue weighted by Gasteiger charge is -2.07. The predicted molar refractivity (Wildman–Crippen MR) is 67.4 cm³/mol. The lowest BCUT2D eigenvalue weighted by atomic mass is 10.2. The first kappa shape index (κ1) is 12.5. The Bertz CT molecular complexity index is 610. The fourth-order valence-corrected chi connectivity index (χ4v) is 1.75. The van der Waals surface area contributed by atoms with Crippen molar-refractivity contribution in [2.75, 3.05) is 0 Å². The molecule has 1 aromatic heterocycles. The zero-order valence-electron chi connectivity index (χ0n) is 9.23. The summed E-state index contributed by atoms with van der Waals surface area (Å²) in [7, 11) is 0. The molecular formula is C13H8BrFN2O. The number of hydrogen-bond acceptors (Lipinski definition) is 3. The van der Waals surface area contributed by atoms with Crippen molar-refractivity contribution in [1.29, 1.82) is 5.26 Å². The number of hydrogen-bond donors (Lipinski definition) is 0. The Labute approximate surface area is 112 Å². The van der Waals surface area contributed by atoms with Crippen LogP contribution in [0.25, 0.3) is 0 Å². The number of aromatic nitrogens is 1. The molecule has 90 valence electrons. The lowest BCUT2D eigenvalue weighted by Crippen LogP contribution is -2.00. The van der Waals surface area contributed by atoms with E-state index >= 15 is 0 Å². The van der Waals surface area contributed by atoms with E-state index in [1.165, 1.54) is 12.1 Å². The Kier molecular flexibility index (Phi) is 3.90. The predicted octanol–water partition coefficient (Wildman–Crippen LogP) is 3.43. The van der Waals surface area contributed by atoms with Crippen molar-refractivity contribution in [3.05, 3.63) is 58.1 Å². The molecule has 0 amide bonds. The smallest absolute Gasteiger partial charge is 0.166 e. The van der Waals surface area contributed by atoms with Crippen LogP contribution in [0.2, 0.25) is 0 Å². The average molecular weight is 307 g/mol. The van der Waals surface area contributed by atoms with Crippen molar-refractivity contribution < 1.29 is 9.13 Å². The minimum Gasteiger partial charge on any atom is -0.484 e. The maximum atomic E-state index is 13.5. The van der Waals surface area contributed by atoms with Gasteiger partial charge in [-0.25, -0.2) is 9.37 Å². The highest BCUT2D eigenvalue weighted by molar-refractivity contribution is 9.10. The molecule has 0 aliphatic carbocycles. The molecule has 0 bridgehead atoms. The van der Waals surface area contributed by atoms with E-state index < -0.39 is 5.82 Å². The van der Waals surface area contributed by atoms with Gasteiger partial charge in [0, 0.05) is 0 Å². The van der Waals surface area contributed by atoms with Crippen molar-refractivity contribution in [2.24, 2.45) is 0 Å². The SMILES string of the molecule is N#Cc1ccc(OCc2cccc(Br)n2)c(F)c1. The third-order valence-corrected chi connectivity index (χ3v) is 2.65. The van der Waals surface area contributed by atoms with Gasteiger partial charge in [0.1, 0.15) is 11.2 Å². The summed E-state index contributed by atoms with van der Waals surface area (Å²) in [6.07, 6.45) is 0. The molecule has 0 aliphatic heterocycles. The molecule has 0 atom stereocenters. The van der Waals surface area contributed by atoms with Gasteiger partial charge in [-0.2, -0.15) is 5.26 Å². The fourth-order valence-electron chi connectivity index (χ4n) is 1.37. The highest BCUT2D eigenvalue weighted by Gasteiger charge is 2.05. The van der Waals surface area contributed by atoms with Gasteiger partial charge in [0.2, 0.25) is 0 Å². The summed E-state index contributed by atoms with van der Waals surface area (Å²) in [5.41, 5.74) is 0.952. The topological polar surface area (TPSA) is 45.9 Å². The number of benzene rings is 1. The van der Waals surface area contributed by atoms with Crippen molar-refractivity contribution in [3.8, 4) is 11.8 Å². The van der Waals surface area contributed by atoms with Gasteiger partial charge in [0.05, 0.1) is 17.3 Å². The summed E-state index contributed by atoms with van der Waals surface area (Å²) < 4.78 is 19.5. The molecule has 18 heavy (non-hydrogen) atoms. The third kappa shape index (κ3) is 3.05. The summed E-state index contributed by atoms with van der Waals surface area (Å²) in [5, 5.41) is 8.62. The molecule has 3 nitrogen and oxygen atoms in total. The molecule has 0 N–H and O–H groups in total. The first-order valence-electron chi connectivity index (χ1n) is 5.13. The Balaban J connectivity index is 2.09. The zero-order valence-corrected chi connectivity index (χ0v) is 10.8. The second-order valence-electron chi connectivity index (χ2n) is 3.50. The standard InChI is InChI=1S/C13H8BrFN2O/c14-13-3-1-2-10(17-13)8-18-12-5-4-9(7-16)6-11(12)15/h1-6H,8H2. The van der Waals surface area contributed by atoms with E-state index in [9.17, 15) is 4.39 Å². The van der Waals surface area contributed by atoms with Gasteiger partial charge in [0.25, 0.3) is 0 Å². The summed E-state index contributed by atoms with van der Waals surface area (Å²) in [4.78, 5) is 4.17. The Morgan fingerprint density at radius 1 is 1.33 bits per heavy atom. The van der Waals surface area contributed by atoms with Gasteiger partial charge in [-0.05, 0) is 46.3 Å². The number of ether oxygens (including phenoxy) is 1. The second-order valence-corrected chi connectivity index (χ2v) is 4.31. The monoisotopic (exact) mass is 306 g/mol. The molecule has 0 aliphatic rings. The normalized spacial score (nSPS) is 9.83. The van der Waals surface area contributed by atoms with Gasteiger partial charge in [-0.3, -0.25) is 0 Å². The number of nitrogens with zero attached hydrogens (tertiary/aromatic N) is 2. The second kappa shape index (κ2) is 5.61. The average Bonchev–Trinajstić information content (AvgIpc) is 2.37. The molecule has 1 heterocycles. The van der Waals surface area contributed by atoms with E-state index in [1.54, 1.807) is 12.1 Å². The van der Waals surface area contributed by atoms with E-state index in [4.69, 9.17) is 10.00 Å². The molecule has 0 spiro atoms. The molecule has 2 rings (SSSR count). The minimum absolute atomic E-state index is 0.107. The lowest BCUT2D eigenvalue weighted by molar-refractivity contribution is 0.285. The third-order valence-electron chi connectivity index (χ3n) is 2.21. The minimum atomic E-state index is -0.552. The maximum Gasteiger partial charge on any atom is 0.166 e. The Hall–Kier alpha value is -1.93. The molecular weight excluding hydrogens is 299 g/mol. The van der Waals surface area contributed by atoms with Gasteiger partial charge < -0.3 is 4.74 Å². The zero-order chi connectivity index (χ0) is 13.0. The van der Waals surface area contributed by atoms with Gasteiger partial charge in [-0.1, -0.05) is 6.07 Å².